The molecule has 0 radical (unpaired) electrons. The Kier molecular flexibility index (Phi) is 3.67. The van der Waals surface area contributed by atoms with Crippen molar-refractivity contribution in [3.05, 3.63) is 34.9 Å². The fourth-order valence-corrected chi connectivity index (χ4v) is 1.28. The molecule has 0 spiro atoms. The number of rotatable bonds is 3. The Labute approximate surface area is 88.1 Å². The number of nitriles is 1. The van der Waals surface area contributed by atoms with Crippen molar-refractivity contribution in [2.45, 2.75) is 13.3 Å². The van der Waals surface area contributed by atoms with Gasteiger partial charge in [0.1, 0.15) is 5.92 Å². The van der Waals surface area contributed by atoms with Crippen LogP contribution in [0.25, 0.3) is 0 Å². The number of hydrogen-bond donors (Lipinski definition) is 0. The maximum Gasteiger partial charge on any atom is 0.179 e. The molecule has 3 heteroatoms. The molecule has 0 aliphatic rings. The molecule has 1 unspecified atom stereocenters. The molecule has 0 fully saturated rings. The van der Waals surface area contributed by atoms with Gasteiger partial charge in [-0.25, -0.2) is 0 Å². The molecular weight excluding hydrogens is 198 g/mol. The van der Waals surface area contributed by atoms with Gasteiger partial charge in [0, 0.05) is 10.6 Å². The zero-order valence-electron chi connectivity index (χ0n) is 7.83. The topological polar surface area (TPSA) is 40.9 Å². The van der Waals surface area contributed by atoms with Gasteiger partial charge >= 0.3 is 0 Å². The predicted molar refractivity (Wildman–Crippen MR) is 55.2 cm³/mol. The normalized spacial score (nSPS) is 11.8. The van der Waals surface area contributed by atoms with E-state index in [1.807, 2.05) is 13.0 Å². The number of ketones is 1. The van der Waals surface area contributed by atoms with Crippen LogP contribution in [0.5, 0.6) is 0 Å². The van der Waals surface area contributed by atoms with Crippen molar-refractivity contribution in [2.24, 2.45) is 5.92 Å². The minimum atomic E-state index is -0.545. The summed E-state index contributed by atoms with van der Waals surface area (Å²) in [5.74, 6) is -0.678. The van der Waals surface area contributed by atoms with Gasteiger partial charge in [-0.15, -0.1) is 0 Å². The molecule has 0 bridgehead atoms. The first-order valence-corrected chi connectivity index (χ1v) is 4.76. The number of benzene rings is 1. The number of carbonyl (C=O) groups is 1. The fourth-order valence-electron chi connectivity index (χ4n) is 1.15. The van der Waals surface area contributed by atoms with Crippen LogP contribution in [0.2, 0.25) is 5.02 Å². The van der Waals surface area contributed by atoms with Crippen molar-refractivity contribution < 1.29 is 4.79 Å². The molecule has 0 aromatic heterocycles. The molecule has 1 aromatic rings. The molecule has 0 saturated carbocycles. The summed E-state index contributed by atoms with van der Waals surface area (Å²) in [5.41, 5.74) is 0.544. The molecule has 14 heavy (non-hydrogen) atoms. The van der Waals surface area contributed by atoms with Crippen molar-refractivity contribution in [3.63, 3.8) is 0 Å². The van der Waals surface area contributed by atoms with Gasteiger partial charge in [-0.05, 0) is 30.7 Å². The van der Waals surface area contributed by atoms with Crippen molar-refractivity contribution in [3.8, 4) is 6.07 Å². The first kappa shape index (κ1) is 10.7. The number of halogens is 1. The first-order chi connectivity index (χ1) is 6.69. The monoisotopic (exact) mass is 207 g/mol. The average molecular weight is 208 g/mol. The second kappa shape index (κ2) is 4.78. The van der Waals surface area contributed by atoms with E-state index in [9.17, 15) is 4.79 Å². The largest absolute Gasteiger partial charge is 0.293 e. The Bertz CT molecular complexity index is 364. The predicted octanol–water partition coefficient (Wildman–Crippen LogP) is 3.07. The number of carbonyl (C=O) groups excluding carboxylic acids is 1. The highest BCUT2D eigenvalue weighted by Crippen LogP contribution is 2.14. The number of hydrogen-bond acceptors (Lipinski definition) is 2. The summed E-state index contributed by atoms with van der Waals surface area (Å²) in [6.45, 7) is 1.82. The van der Waals surface area contributed by atoms with E-state index in [1.54, 1.807) is 24.3 Å². The summed E-state index contributed by atoms with van der Waals surface area (Å²) in [6, 6.07) is 8.57. The van der Waals surface area contributed by atoms with Gasteiger partial charge in [0.2, 0.25) is 0 Å². The molecule has 0 saturated heterocycles. The molecule has 0 aliphatic heterocycles. The van der Waals surface area contributed by atoms with Gasteiger partial charge in [-0.3, -0.25) is 4.79 Å². The van der Waals surface area contributed by atoms with Crippen molar-refractivity contribution in [2.75, 3.05) is 0 Å². The molecule has 1 rings (SSSR count). The fraction of sp³-hybridized carbons (Fsp3) is 0.273. The summed E-state index contributed by atoms with van der Waals surface area (Å²) in [7, 11) is 0. The van der Waals surface area contributed by atoms with Crippen LogP contribution in [-0.2, 0) is 0 Å². The third-order valence-electron chi connectivity index (χ3n) is 2.01. The molecule has 0 heterocycles. The van der Waals surface area contributed by atoms with E-state index in [4.69, 9.17) is 16.9 Å². The summed E-state index contributed by atoms with van der Waals surface area (Å²) in [5, 5.41) is 9.30. The average Bonchev–Trinajstić information content (AvgIpc) is 2.20. The van der Waals surface area contributed by atoms with Gasteiger partial charge in [-0.2, -0.15) is 5.26 Å². The Morgan fingerprint density at radius 3 is 2.50 bits per heavy atom. The van der Waals surface area contributed by atoms with Crippen molar-refractivity contribution in [1.29, 1.82) is 5.26 Å². The van der Waals surface area contributed by atoms with E-state index in [2.05, 4.69) is 0 Å². The lowest BCUT2D eigenvalue weighted by molar-refractivity contribution is 0.0946. The lowest BCUT2D eigenvalue weighted by Gasteiger charge is -2.04. The molecule has 0 N–H and O–H groups in total. The van der Waals surface area contributed by atoms with E-state index in [1.165, 1.54) is 0 Å². The highest BCUT2D eigenvalue weighted by Gasteiger charge is 2.16. The summed E-state index contributed by atoms with van der Waals surface area (Å²) >= 11 is 5.69. The lowest BCUT2D eigenvalue weighted by Crippen LogP contribution is -2.11. The van der Waals surface area contributed by atoms with Crippen LogP contribution in [0.3, 0.4) is 0 Å². The molecule has 1 aromatic carbocycles. The Balaban J connectivity index is 2.90. The van der Waals surface area contributed by atoms with Crippen molar-refractivity contribution in [1.82, 2.24) is 0 Å². The summed E-state index contributed by atoms with van der Waals surface area (Å²) in [4.78, 5) is 11.7. The molecule has 2 nitrogen and oxygen atoms in total. The van der Waals surface area contributed by atoms with Gasteiger partial charge in [0.25, 0.3) is 0 Å². The van der Waals surface area contributed by atoms with E-state index in [0.29, 0.717) is 17.0 Å². The second-order valence-corrected chi connectivity index (χ2v) is 3.40. The SMILES string of the molecule is CCC(C#N)C(=O)c1ccc(Cl)cc1. The first-order valence-electron chi connectivity index (χ1n) is 4.38. The molecule has 0 aliphatic carbocycles. The minimum Gasteiger partial charge on any atom is -0.293 e. The van der Waals surface area contributed by atoms with Gasteiger partial charge in [0.15, 0.2) is 5.78 Å². The van der Waals surface area contributed by atoms with E-state index in [0.717, 1.165) is 0 Å². The molecule has 0 amide bonds. The maximum atomic E-state index is 11.7. The molecule has 72 valence electrons. The Hall–Kier alpha value is -1.33. The second-order valence-electron chi connectivity index (χ2n) is 2.96. The van der Waals surface area contributed by atoms with Crippen molar-refractivity contribution >= 4 is 17.4 Å². The molecule has 1 atom stereocenters. The smallest absolute Gasteiger partial charge is 0.179 e. The van der Waals surface area contributed by atoms with Crippen LogP contribution >= 0.6 is 11.6 Å². The van der Waals surface area contributed by atoms with Crippen LogP contribution in [0.4, 0.5) is 0 Å². The highest BCUT2D eigenvalue weighted by atomic mass is 35.5. The maximum absolute atomic E-state index is 11.7. The molecular formula is C11H10ClNO. The standard InChI is InChI=1S/C11H10ClNO/c1-2-8(7-13)11(14)9-3-5-10(12)6-4-9/h3-6,8H,2H2,1H3. The van der Waals surface area contributed by atoms with E-state index in [-0.39, 0.29) is 5.78 Å². The lowest BCUT2D eigenvalue weighted by atomic mass is 9.97. The third kappa shape index (κ3) is 2.34. The van der Waals surface area contributed by atoms with Gasteiger partial charge in [-0.1, -0.05) is 18.5 Å². The van der Waals surface area contributed by atoms with Gasteiger partial charge in [0.05, 0.1) is 6.07 Å². The van der Waals surface area contributed by atoms with E-state index < -0.39 is 5.92 Å². The quantitative estimate of drug-likeness (QED) is 0.715. The Morgan fingerprint density at radius 2 is 2.07 bits per heavy atom. The van der Waals surface area contributed by atoms with E-state index >= 15 is 0 Å². The number of Topliss-reactive ketones (excluding diaryl/α,β-unsaturated/α-hetero) is 1. The Morgan fingerprint density at radius 1 is 1.50 bits per heavy atom. The van der Waals surface area contributed by atoms with Gasteiger partial charge < -0.3 is 0 Å². The van der Waals surface area contributed by atoms with Crippen LogP contribution < -0.4 is 0 Å². The van der Waals surface area contributed by atoms with Crippen LogP contribution in [0.1, 0.15) is 23.7 Å². The number of nitrogens with zero attached hydrogens (tertiary/aromatic N) is 1. The van der Waals surface area contributed by atoms with Crippen LogP contribution in [0.15, 0.2) is 24.3 Å². The highest BCUT2D eigenvalue weighted by molar-refractivity contribution is 6.30. The zero-order chi connectivity index (χ0) is 10.6. The minimum absolute atomic E-state index is 0.133. The summed E-state index contributed by atoms with van der Waals surface area (Å²) in [6.07, 6.45) is 0.540. The van der Waals surface area contributed by atoms with Crippen LogP contribution in [-0.4, -0.2) is 5.78 Å². The third-order valence-corrected chi connectivity index (χ3v) is 2.26. The van der Waals surface area contributed by atoms with Crippen LogP contribution in [0, 0.1) is 17.2 Å². The summed E-state index contributed by atoms with van der Waals surface area (Å²) < 4.78 is 0. The zero-order valence-corrected chi connectivity index (χ0v) is 8.58.